The average molecular weight is 306 g/mol. The lowest BCUT2D eigenvalue weighted by atomic mass is 10.1. The lowest BCUT2D eigenvalue weighted by Gasteiger charge is -2.06. The number of aryl methyl sites for hydroxylation is 1. The first-order valence-electron chi connectivity index (χ1n) is 6.90. The summed E-state index contributed by atoms with van der Waals surface area (Å²) < 4.78 is 13.4. The molecule has 21 heavy (non-hydrogen) atoms. The summed E-state index contributed by atoms with van der Waals surface area (Å²) in [5, 5.41) is 3.48. The third kappa shape index (κ3) is 5.20. The van der Waals surface area contributed by atoms with Crippen molar-refractivity contribution in [1.29, 1.82) is 0 Å². The van der Waals surface area contributed by atoms with E-state index >= 15 is 0 Å². The highest BCUT2D eigenvalue weighted by atomic mass is 35.5. The van der Waals surface area contributed by atoms with Gasteiger partial charge in [0.2, 0.25) is 5.91 Å². The second-order valence-corrected chi connectivity index (χ2v) is 5.26. The van der Waals surface area contributed by atoms with Crippen LogP contribution in [0.4, 0.5) is 4.39 Å². The molecule has 0 saturated carbocycles. The summed E-state index contributed by atoms with van der Waals surface area (Å²) in [5.74, 6) is -0.267. The van der Waals surface area contributed by atoms with Crippen LogP contribution in [0.25, 0.3) is 0 Å². The van der Waals surface area contributed by atoms with Crippen molar-refractivity contribution in [1.82, 2.24) is 5.32 Å². The molecular formula is C17H17ClFNO. The van der Waals surface area contributed by atoms with Crippen LogP contribution in [-0.2, 0) is 17.6 Å². The number of rotatable bonds is 6. The molecule has 0 saturated heterocycles. The van der Waals surface area contributed by atoms with E-state index in [1.54, 1.807) is 24.3 Å². The Morgan fingerprint density at radius 2 is 1.90 bits per heavy atom. The van der Waals surface area contributed by atoms with Gasteiger partial charge >= 0.3 is 0 Å². The van der Waals surface area contributed by atoms with Gasteiger partial charge in [-0.25, -0.2) is 4.39 Å². The highest BCUT2D eigenvalue weighted by molar-refractivity contribution is 6.30. The van der Waals surface area contributed by atoms with E-state index in [1.807, 2.05) is 18.2 Å². The Morgan fingerprint density at radius 1 is 1.10 bits per heavy atom. The monoisotopic (exact) mass is 305 g/mol. The SMILES string of the molecule is O=C(CCc1cccc(Cl)c1)NCCc1ccccc1F. The third-order valence-electron chi connectivity index (χ3n) is 3.20. The fourth-order valence-electron chi connectivity index (χ4n) is 2.08. The average Bonchev–Trinajstić information content (AvgIpc) is 2.47. The molecule has 2 rings (SSSR count). The molecule has 0 fully saturated rings. The van der Waals surface area contributed by atoms with Crippen molar-refractivity contribution in [2.45, 2.75) is 19.3 Å². The molecule has 0 bridgehead atoms. The predicted octanol–water partition coefficient (Wildman–Crippen LogP) is 3.77. The molecule has 0 aromatic heterocycles. The van der Waals surface area contributed by atoms with Gasteiger partial charge in [0, 0.05) is 18.0 Å². The van der Waals surface area contributed by atoms with Crippen molar-refractivity contribution >= 4 is 17.5 Å². The number of benzene rings is 2. The third-order valence-corrected chi connectivity index (χ3v) is 3.44. The molecule has 0 aliphatic heterocycles. The zero-order chi connectivity index (χ0) is 15.1. The minimum atomic E-state index is -0.231. The Hall–Kier alpha value is -1.87. The Kier molecular flexibility index (Phi) is 5.76. The van der Waals surface area contributed by atoms with Gasteiger partial charge in [-0.3, -0.25) is 4.79 Å². The Morgan fingerprint density at radius 3 is 2.67 bits per heavy atom. The fourth-order valence-corrected chi connectivity index (χ4v) is 2.29. The van der Waals surface area contributed by atoms with Crippen molar-refractivity contribution in [3.63, 3.8) is 0 Å². The van der Waals surface area contributed by atoms with Gasteiger partial charge in [0.25, 0.3) is 0 Å². The lowest BCUT2D eigenvalue weighted by Crippen LogP contribution is -2.26. The van der Waals surface area contributed by atoms with Crippen LogP contribution in [-0.4, -0.2) is 12.5 Å². The molecule has 1 N–H and O–H groups in total. The van der Waals surface area contributed by atoms with Gasteiger partial charge in [-0.1, -0.05) is 41.9 Å². The molecule has 2 aromatic rings. The zero-order valence-corrected chi connectivity index (χ0v) is 12.4. The van der Waals surface area contributed by atoms with Crippen LogP contribution >= 0.6 is 11.6 Å². The fraction of sp³-hybridized carbons (Fsp3) is 0.235. The van der Waals surface area contributed by atoms with Crippen molar-refractivity contribution in [2.75, 3.05) is 6.54 Å². The van der Waals surface area contributed by atoms with Crippen LogP contribution in [0.2, 0.25) is 5.02 Å². The molecule has 4 heteroatoms. The Labute approximate surface area is 128 Å². The van der Waals surface area contributed by atoms with Crippen molar-refractivity contribution < 1.29 is 9.18 Å². The van der Waals surface area contributed by atoms with E-state index in [0.717, 1.165) is 5.56 Å². The topological polar surface area (TPSA) is 29.1 Å². The largest absolute Gasteiger partial charge is 0.356 e. The number of amides is 1. The molecule has 0 heterocycles. The number of hydrogen-bond acceptors (Lipinski definition) is 1. The summed E-state index contributed by atoms with van der Waals surface area (Å²) in [6.45, 7) is 0.440. The highest BCUT2D eigenvalue weighted by Gasteiger charge is 2.04. The van der Waals surface area contributed by atoms with Crippen LogP contribution in [0, 0.1) is 5.82 Å². The highest BCUT2D eigenvalue weighted by Crippen LogP contribution is 2.12. The van der Waals surface area contributed by atoms with Gasteiger partial charge in [-0.2, -0.15) is 0 Å². The van der Waals surface area contributed by atoms with Crippen LogP contribution in [0.1, 0.15) is 17.5 Å². The van der Waals surface area contributed by atoms with Crippen molar-refractivity contribution in [2.24, 2.45) is 0 Å². The summed E-state index contributed by atoms with van der Waals surface area (Å²) >= 11 is 5.89. The maximum absolute atomic E-state index is 13.4. The van der Waals surface area contributed by atoms with Crippen molar-refractivity contribution in [3.05, 3.63) is 70.5 Å². The first kappa shape index (κ1) is 15.5. The summed E-state index contributed by atoms with van der Waals surface area (Å²) in [5.41, 5.74) is 1.65. The maximum atomic E-state index is 13.4. The lowest BCUT2D eigenvalue weighted by molar-refractivity contribution is -0.121. The summed E-state index contributed by atoms with van der Waals surface area (Å²) in [6, 6.07) is 14.1. The second-order valence-electron chi connectivity index (χ2n) is 4.82. The molecule has 2 nitrogen and oxygen atoms in total. The minimum Gasteiger partial charge on any atom is -0.356 e. The molecule has 0 atom stereocenters. The van der Waals surface area contributed by atoms with E-state index in [1.165, 1.54) is 6.07 Å². The predicted molar refractivity (Wildman–Crippen MR) is 82.9 cm³/mol. The number of halogens is 2. The Balaban J connectivity index is 1.72. The van der Waals surface area contributed by atoms with Gasteiger partial charge in [-0.15, -0.1) is 0 Å². The van der Waals surface area contributed by atoms with Gasteiger partial charge in [0.1, 0.15) is 5.82 Å². The maximum Gasteiger partial charge on any atom is 0.220 e. The molecule has 0 aliphatic rings. The van der Waals surface area contributed by atoms with Gasteiger partial charge in [0.05, 0.1) is 0 Å². The smallest absolute Gasteiger partial charge is 0.220 e. The second kappa shape index (κ2) is 7.79. The number of carbonyl (C=O) groups excluding carboxylic acids is 1. The minimum absolute atomic E-state index is 0.0358. The van der Waals surface area contributed by atoms with E-state index < -0.39 is 0 Å². The normalized spacial score (nSPS) is 10.4. The van der Waals surface area contributed by atoms with Crippen molar-refractivity contribution in [3.8, 4) is 0 Å². The molecule has 2 aromatic carbocycles. The molecule has 0 unspecified atom stereocenters. The van der Waals surface area contributed by atoms with E-state index in [2.05, 4.69) is 5.32 Å². The molecule has 0 aliphatic carbocycles. The van der Waals surface area contributed by atoms with Gasteiger partial charge in [-0.05, 0) is 42.2 Å². The molecule has 0 radical (unpaired) electrons. The van der Waals surface area contributed by atoms with E-state index in [9.17, 15) is 9.18 Å². The van der Waals surface area contributed by atoms with Gasteiger partial charge in [0.15, 0.2) is 0 Å². The molecule has 1 amide bonds. The standard InChI is InChI=1S/C17H17ClFNO/c18-15-6-3-4-13(12-15)8-9-17(21)20-11-10-14-5-1-2-7-16(14)19/h1-7,12H,8-11H2,(H,20,21). The van der Waals surface area contributed by atoms with E-state index in [4.69, 9.17) is 11.6 Å². The molecular weight excluding hydrogens is 289 g/mol. The number of carbonyl (C=O) groups is 1. The van der Waals surface area contributed by atoms with Crippen LogP contribution in [0.15, 0.2) is 48.5 Å². The van der Waals surface area contributed by atoms with Gasteiger partial charge < -0.3 is 5.32 Å². The number of hydrogen-bond donors (Lipinski definition) is 1. The van der Waals surface area contributed by atoms with Crippen LogP contribution in [0.3, 0.4) is 0 Å². The first-order chi connectivity index (χ1) is 10.1. The first-order valence-corrected chi connectivity index (χ1v) is 7.27. The van der Waals surface area contributed by atoms with Crippen LogP contribution < -0.4 is 5.32 Å². The molecule has 0 spiro atoms. The summed E-state index contributed by atoms with van der Waals surface area (Å²) in [7, 11) is 0. The summed E-state index contributed by atoms with van der Waals surface area (Å²) in [6.07, 6.45) is 1.54. The molecule has 110 valence electrons. The van der Waals surface area contributed by atoms with E-state index in [-0.39, 0.29) is 11.7 Å². The Bertz CT molecular complexity index is 615. The summed E-state index contributed by atoms with van der Waals surface area (Å²) in [4.78, 5) is 11.7. The quantitative estimate of drug-likeness (QED) is 0.865. The van der Waals surface area contributed by atoms with E-state index in [0.29, 0.717) is 36.4 Å². The zero-order valence-electron chi connectivity index (χ0n) is 11.6. The van der Waals surface area contributed by atoms with Crippen LogP contribution in [0.5, 0.6) is 0 Å². The number of nitrogens with one attached hydrogen (secondary N) is 1.